The predicted molar refractivity (Wildman–Crippen MR) is 66.5 cm³/mol. The Labute approximate surface area is 114 Å². The normalized spacial score (nSPS) is 12.1. The molecule has 0 aliphatic heterocycles. The molecule has 0 heterocycles. The van der Waals surface area contributed by atoms with Gasteiger partial charge in [-0.05, 0) is 0 Å². The fraction of sp³-hybridized carbons (Fsp3) is 0.308. The molecule has 0 aromatic carbocycles. The van der Waals surface area contributed by atoms with Crippen LogP contribution in [-0.2, 0) is 23.9 Å². The molecule has 0 bridgehead atoms. The second-order valence-corrected chi connectivity index (χ2v) is 2.01. The molecule has 2 N–H and O–H groups in total. The van der Waals surface area contributed by atoms with Crippen molar-refractivity contribution in [1.29, 1.82) is 0 Å². The van der Waals surface area contributed by atoms with Gasteiger partial charge in [0.2, 0.25) is 0 Å². The fourth-order valence-corrected chi connectivity index (χ4v) is 0.680. The Kier molecular flexibility index (Phi) is 38.4. The van der Waals surface area contributed by atoms with Crippen LogP contribution in [0.2, 0.25) is 0 Å². The molecule has 0 amide bonds. The first kappa shape index (κ1) is 21.0. The van der Waals surface area contributed by atoms with E-state index in [4.69, 9.17) is 10.2 Å². The molecule has 0 aromatic heterocycles. The van der Waals surface area contributed by atoms with Gasteiger partial charge in [0.15, 0.2) is 0 Å². The Morgan fingerprint density at radius 1 is 0.875 bits per heavy atom. The van der Waals surface area contributed by atoms with Gasteiger partial charge < -0.3 is 10.2 Å². The van der Waals surface area contributed by atoms with Crippen LogP contribution >= 0.6 is 0 Å². The Morgan fingerprint density at radius 2 is 1.19 bits per heavy atom. The van der Waals surface area contributed by atoms with Crippen LogP contribution in [-0.4, -0.2) is 28.7 Å². The summed E-state index contributed by atoms with van der Waals surface area (Å²) >= 11 is 1.06. The van der Waals surface area contributed by atoms with Crippen molar-refractivity contribution in [3.8, 4) is 0 Å². The van der Waals surface area contributed by atoms with Crippen molar-refractivity contribution in [1.82, 2.24) is 0 Å². The summed E-state index contributed by atoms with van der Waals surface area (Å²) in [5.74, 6) is 0. The summed E-state index contributed by atoms with van der Waals surface area (Å²) in [6.45, 7) is 0. The van der Waals surface area contributed by atoms with Gasteiger partial charge in [-0.1, -0.05) is 0 Å². The first-order chi connectivity index (χ1) is 8.00. The average Bonchev–Trinajstić information content (AvgIpc) is 3.14. The maximum atomic E-state index is 7.00. The summed E-state index contributed by atoms with van der Waals surface area (Å²) in [5, 5.41) is 14.0. The van der Waals surface area contributed by atoms with Gasteiger partial charge in [0.05, 0.1) is 0 Å². The van der Waals surface area contributed by atoms with E-state index in [0.29, 0.717) is 0 Å². The number of rotatable bonds is 0. The number of aliphatic hydroxyl groups is 2. The van der Waals surface area contributed by atoms with Crippen LogP contribution in [0, 0.1) is 12.2 Å². The molecule has 0 spiro atoms. The zero-order valence-corrected chi connectivity index (χ0v) is 13.6. The Morgan fingerprint density at radius 3 is 1.25 bits per heavy atom. The van der Waals surface area contributed by atoms with E-state index in [1.165, 1.54) is 0 Å². The molecular weight excluding hydrogens is 367 g/mol. The van der Waals surface area contributed by atoms with Crippen molar-refractivity contribution in [3.05, 3.63) is 48.6 Å². The van der Waals surface area contributed by atoms with Crippen molar-refractivity contribution in [2.75, 3.05) is 14.2 Å². The number of allylic oxidation sites excluding steroid dienone is 8. The molecule has 0 saturated heterocycles. The predicted octanol–water partition coefficient (Wildman–Crippen LogP) is 1.79. The molecule has 2 aliphatic rings. The van der Waals surface area contributed by atoms with Gasteiger partial charge in [-0.15, -0.1) is 12.8 Å². The SMILES string of the molecule is CO.CO.[C-]1=CC=CC1.[C-]1=CC=CC1.[CH2]=[Hf+2]. The summed E-state index contributed by atoms with van der Waals surface area (Å²) < 4.78 is 3.39. The van der Waals surface area contributed by atoms with Crippen LogP contribution in [0.5, 0.6) is 0 Å². The third-order valence-electron chi connectivity index (χ3n) is 1.17. The van der Waals surface area contributed by atoms with E-state index in [0.717, 1.165) is 51.0 Å². The van der Waals surface area contributed by atoms with Gasteiger partial charge in [-0.2, -0.15) is 12.2 Å². The van der Waals surface area contributed by atoms with Gasteiger partial charge in [-0.3, -0.25) is 12.2 Å². The van der Waals surface area contributed by atoms with Crippen LogP contribution < -0.4 is 0 Å². The van der Waals surface area contributed by atoms with E-state index < -0.39 is 0 Å². The molecule has 2 nitrogen and oxygen atoms in total. The van der Waals surface area contributed by atoms with E-state index in [2.05, 4.69) is 28.6 Å². The average molecular weight is 387 g/mol. The van der Waals surface area contributed by atoms with Gasteiger partial charge in [-0.25, -0.2) is 24.3 Å². The van der Waals surface area contributed by atoms with Crippen LogP contribution in [0.25, 0.3) is 0 Å². The molecule has 0 radical (unpaired) electrons. The van der Waals surface area contributed by atoms with E-state index in [9.17, 15) is 0 Å². The Bertz CT molecular complexity index is 164. The van der Waals surface area contributed by atoms with Crippen LogP contribution in [0.3, 0.4) is 0 Å². The first-order valence-electron chi connectivity index (χ1n) is 4.68. The molecule has 16 heavy (non-hydrogen) atoms. The van der Waals surface area contributed by atoms with Crippen molar-refractivity contribution >= 4 is 4.26 Å². The Balaban J connectivity index is -0.000000146. The van der Waals surface area contributed by atoms with Crippen molar-refractivity contribution in [3.63, 3.8) is 0 Å². The quantitative estimate of drug-likeness (QED) is 0.492. The standard InChI is InChI=1S/2C5H5.2CH4O.CH2.Hf/c2*1-2-4-5-3-1;2*1-2;;/h2*1-3H,4H2;2*2H,1H3;1H2;/q2*-1;;;;+2. The molecule has 0 saturated carbocycles. The molecule has 2 aliphatic carbocycles. The number of hydrogen-bond acceptors (Lipinski definition) is 2. The van der Waals surface area contributed by atoms with Crippen molar-refractivity contribution in [2.24, 2.45) is 0 Å². The second kappa shape index (κ2) is 29.3. The summed E-state index contributed by atoms with van der Waals surface area (Å²) in [6, 6.07) is 0. The summed E-state index contributed by atoms with van der Waals surface area (Å²) in [7, 11) is 2.00. The minimum absolute atomic E-state index is 1.00. The first-order valence-corrected chi connectivity index (χ1v) is 7.22. The minimum atomic E-state index is 1.00. The molecule has 0 aromatic rings. The summed E-state index contributed by atoms with van der Waals surface area (Å²) in [5.41, 5.74) is 0. The van der Waals surface area contributed by atoms with Gasteiger partial charge in [0.1, 0.15) is 0 Å². The van der Waals surface area contributed by atoms with E-state index >= 15 is 0 Å². The fourth-order valence-electron chi connectivity index (χ4n) is 0.680. The third kappa shape index (κ3) is 23.4. The van der Waals surface area contributed by atoms with E-state index in [-0.39, 0.29) is 0 Å². The topological polar surface area (TPSA) is 40.5 Å². The monoisotopic (exact) mass is 388 g/mol. The van der Waals surface area contributed by atoms with Crippen LogP contribution in [0.15, 0.2) is 36.5 Å². The maximum absolute atomic E-state index is 7.00. The van der Waals surface area contributed by atoms with E-state index in [1.807, 2.05) is 24.3 Å². The molecule has 2 rings (SSSR count). The van der Waals surface area contributed by atoms with Crippen LogP contribution in [0.1, 0.15) is 12.8 Å². The number of hydrogen-bond donors (Lipinski definition) is 2. The molecule has 3 heteroatoms. The van der Waals surface area contributed by atoms with Gasteiger partial charge in [0.25, 0.3) is 0 Å². The summed E-state index contributed by atoms with van der Waals surface area (Å²) in [4.78, 5) is 0. The Hall–Kier alpha value is -0.380. The second-order valence-electron chi connectivity index (χ2n) is 2.01. The number of aliphatic hydroxyl groups excluding tert-OH is 2. The van der Waals surface area contributed by atoms with E-state index in [1.54, 1.807) is 0 Å². The molecule has 0 atom stereocenters. The van der Waals surface area contributed by atoms with Gasteiger partial charge in [0, 0.05) is 14.2 Å². The van der Waals surface area contributed by atoms with Crippen molar-refractivity contribution in [2.45, 2.75) is 12.8 Å². The molecular formula is C13H20HfO2. The van der Waals surface area contributed by atoms with Gasteiger partial charge >= 0.3 is 28.2 Å². The molecule has 0 unspecified atom stereocenters. The zero-order chi connectivity index (χ0) is 13.1. The molecule has 88 valence electrons. The summed E-state index contributed by atoms with van der Waals surface area (Å²) in [6.07, 6.45) is 20.0. The van der Waals surface area contributed by atoms with Crippen LogP contribution in [0.4, 0.5) is 0 Å². The molecule has 0 fully saturated rings. The van der Waals surface area contributed by atoms with Crippen molar-refractivity contribution < 1.29 is 34.1 Å². The zero-order valence-electron chi connectivity index (χ0n) is 9.98. The third-order valence-corrected chi connectivity index (χ3v) is 1.17.